The molecule has 3 aromatic rings. The predicted molar refractivity (Wildman–Crippen MR) is 132 cm³/mol. The van der Waals surface area contributed by atoms with Crippen LogP contribution in [0, 0.1) is 5.82 Å². The maximum atomic E-state index is 14.2. The second-order valence-electron chi connectivity index (χ2n) is 6.82. The van der Waals surface area contributed by atoms with E-state index in [2.05, 4.69) is 23.5 Å². The van der Waals surface area contributed by atoms with Gasteiger partial charge < -0.3 is 5.73 Å². The maximum Gasteiger partial charge on any atom is 0.416 e. The minimum atomic E-state index is -4.56. The van der Waals surface area contributed by atoms with E-state index in [1.165, 1.54) is 6.20 Å². The van der Waals surface area contributed by atoms with Crippen molar-refractivity contribution in [1.29, 1.82) is 0 Å². The molecule has 0 aliphatic rings. The molecule has 0 amide bonds. The lowest BCUT2D eigenvalue weighted by atomic mass is 10.00. The Kier molecular flexibility index (Phi) is 11.9. The van der Waals surface area contributed by atoms with Crippen LogP contribution in [0.3, 0.4) is 0 Å². The standard InChI is InChI=1S/C22H16F4N2.C3H9N.C2H6/c1-3-14(4-2)16-9-17(13-27-12-16)15-7-8-28-21(10-15)19-11-18(22(24,25)26)5-6-20(19)23;1-2-3-4;1-2/h3-13H,1H2,2H3;2-4H2,1H3;1-2H3/b14-4+;;. The molecule has 0 atom stereocenters. The van der Waals surface area contributed by atoms with E-state index in [-0.39, 0.29) is 11.3 Å². The summed E-state index contributed by atoms with van der Waals surface area (Å²) in [5.74, 6) is -0.771. The first-order chi connectivity index (χ1) is 16.2. The van der Waals surface area contributed by atoms with E-state index < -0.39 is 17.6 Å². The van der Waals surface area contributed by atoms with Crippen LogP contribution in [0.2, 0.25) is 0 Å². The lowest BCUT2D eigenvalue weighted by Gasteiger charge is -2.11. The van der Waals surface area contributed by atoms with Gasteiger partial charge in [-0.2, -0.15) is 13.2 Å². The summed E-state index contributed by atoms with van der Waals surface area (Å²) in [5.41, 5.74) is 7.14. The molecule has 0 unspecified atom stereocenters. The zero-order valence-corrected chi connectivity index (χ0v) is 20.0. The number of allylic oxidation sites excluding steroid dienone is 3. The SMILES string of the molecule is C=C/C(=C\C)c1cncc(-c2ccnc(-c3cc(C(F)(F)F)ccc3F)c2)c1.CC.CCCN. The third-order valence-corrected chi connectivity index (χ3v) is 4.55. The minimum absolute atomic E-state index is 0.112. The monoisotopic (exact) mass is 473 g/mol. The van der Waals surface area contributed by atoms with Crippen molar-refractivity contribution < 1.29 is 17.6 Å². The Morgan fingerprint density at radius 2 is 1.74 bits per heavy atom. The Morgan fingerprint density at radius 3 is 2.29 bits per heavy atom. The number of alkyl halides is 3. The van der Waals surface area contributed by atoms with Gasteiger partial charge in [0.15, 0.2) is 0 Å². The van der Waals surface area contributed by atoms with Crippen LogP contribution >= 0.6 is 0 Å². The summed E-state index contributed by atoms with van der Waals surface area (Å²) in [5, 5.41) is 0. The molecular formula is C27H31F4N3. The van der Waals surface area contributed by atoms with Crippen molar-refractivity contribution in [2.75, 3.05) is 6.54 Å². The normalized spacial score (nSPS) is 11.0. The summed E-state index contributed by atoms with van der Waals surface area (Å²) < 4.78 is 53.1. The van der Waals surface area contributed by atoms with Crippen LogP contribution in [0.25, 0.3) is 28.0 Å². The van der Waals surface area contributed by atoms with Gasteiger partial charge in [0.1, 0.15) is 5.82 Å². The summed E-state index contributed by atoms with van der Waals surface area (Å²) in [4.78, 5) is 8.27. The molecule has 182 valence electrons. The van der Waals surface area contributed by atoms with Crippen molar-refractivity contribution >= 4 is 5.57 Å². The number of nitrogens with two attached hydrogens (primary N) is 1. The van der Waals surface area contributed by atoms with Gasteiger partial charge in [-0.25, -0.2) is 4.39 Å². The first kappa shape index (κ1) is 28.7. The number of halogens is 4. The van der Waals surface area contributed by atoms with Crippen molar-refractivity contribution in [2.24, 2.45) is 5.73 Å². The first-order valence-corrected chi connectivity index (χ1v) is 11.0. The smallest absolute Gasteiger partial charge is 0.330 e. The number of aromatic nitrogens is 2. The molecule has 0 aliphatic carbocycles. The largest absolute Gasteiger partial charge is 0.416 e. The van der Waals surface area contributed by atoms with Gasteiger partial charge in [-0.05, 0) is 67.4 Å². The van der Waals surface area contributed by atoms with Crippen molar-refractivity contribution in [3.8, 4) is 22.4 Å². The van der Waals surface area contributed by atoms with E-state index in [0.29, 0.717) is 11.6 Å². The van der Waals surface area contributed by atoms with E-state index in [9.17, 15) is 17.6 Å². The van der Waals surface area contributed by atoms with Crippen molar-refractivity contribution in [3.63, 3.8) is 0 Å². The van der Waals surface area contributed by atoms with Crippen LogP contribution in [0.5, 0.6) is 0 Å². The Balaban J connectivity index is 0.000000872. The lowest BCUT2D eigenvalue weighted by Crippen LogP contribution is -2.05. The quantitative estimate of drug-likeness (QED) is 0.302. The molecular weight excluding hydrogens is 442 g/mol. The topological polar surface area (TPSA) is 51.8 Å². The molecule has 0 saturated carbocycles. The van der Waals surface area contributed by atoms with E-state index in [0.717, 1.165) is 41.8 Å². The van der Waals surface area contributed by atoms with Gasteiger partial charge in [-0.15, -0.1) is 0 Å². The molecule has 0 radical (unpaired) electrons. The van der Waals surface area contributed by atoms with Crippen LogP contribution in [0.1, 0.15) is 45.2 Å². The molecule has 0 saturated heterocycles. The van der Waals surface area contributed by atoms with Crippen LogP contribution in [0.15, 0.2) is 73.7 Å². The summed E-state index contributed by atoms with van der Waals surface area (Å²) in [6, 6.07) is 7.40. The number of hydrogen-bond acceptors (Lipinski definition) is 3. The van der Waals surface area contributed by atoms with E-state index in [1.807, 2.05) is 32.9 Å². The molecule has 0 fully saturated rings. The highest BCUT2D eigenvalue weighted by Crippen LogP contribution is 2.34. The van der Waals surface area contributed by atoms with Crippen LogP contribution in [0.4, 0.5) is 17.6 Å². The molecule has 7 heteroatoms. The predicted octanol–water partition coefficient (Wildman–Crippen LogP) is 7.94. The minimum Gasteiger partial charge on any atom is -0.330 e. The molecule has 1 aromatic carbocycles. The van der Waals surface area contributed by atoms with Crippen LogP contribution in [-0.4, -0.2) is 16.5 Å². The molecule has 0 bridgehead atoms. The average molecular weight is 474 g/mol. The Morgan fingerprint density at radius 1 is 1.06 bits per heavy atom. The second-order valence-corrected chi connectivity index (χ2v) is 6.82. The van der Waals surface area contributed by atoms with Gasteiger partial charge in [-0.1, -0.05) is 39.5 Å². The average Bonchev–Trinajstić information content (AvgIpc) is 2.86. The number of benzene rings is 1. The van der Waals surface area contributed by atoms with E-state index in [1.54, 1.807) is 30.6 Å². The van der Waals surface area contributed by atoms with Gasteiger partial charge in [0.05, 0.1) is 11.3 Å². The first-order valence-electron chi connectivity index (χ1n) is 11.0. The van der Waals surface area contributed by atoms with Gasteiger partial charge in [0.2, 0.25) is 0 Å². The van der Waals surface area contributed by atoms with Crippen molar-refractivity contribution in [2.45, 2.75) is 40.3 Å². The highest BCUT2D eigenvalue weighted by molar-refractivity contribution is 5.77. The molecule has 0 spiro atoms. The summed E-state index contributed by atoms with van der Waals surface area (Å²) >= 11 is 0. The van der Waals surface area contributed by atoms with Gasteiger partial charge >= 0.3 is 6.18 Å². The van der Waals surface area contributed by atoms with Crippen molar-refractivity contribution in [3.05, 3.63) is 90.7 Å². The highest BCUT2D eigenvalue weighted by Gasteiger charge is 2.31. The molecule has 2 heterocycles. The number of nitrogens with zero attached hydrogens (tertiary/aromatic N) is 2. The van der Waals surface area contributed by atoms with E-state index >= 15 is 0 Å². The van der Waals surface area contributed by atoms with Gasteiger partial charge in [0.25, 0.3) is 0 Å². The van der Waals surface area contributed by atoms with E-state index in [4.69, 9.17) is 5.73 Å². The van der Waals surface area contributed by atoms with Gasteiger partial charge in [0, 0.05) is 35.3 Å². The second kappa shape index (κ2) is 14.1. The molecule has 0 aliphatic heterocycles. The number of pyridine rings is 2. The summed E-state index contributed by atoms with van der Waals surface area (Å²) in [6.07, 6.45) is 4.88. The fourth-order valence-corrected chi connectivity index (χ4v) is 2.81. The van der Waals surface area contributed by atoms with Crippen LogP contribution in [-0.2, 0) is 6.18 Å². The zero-order chi connectivity index (χ0) is 25.7. The zero-order valence-electron chi connectivity index (χ0n) is 20.0. The third-order valence-electron chi connectivity index (χ3n) is 4.55. The summed E-state index contributed by atoms with van der Waals surface area (Å²) in [6.45, 7) is 12.5. The highest BCUT2D eigenvalue weighted by atomic mass is 19.4. The summed E-state index contributed by atoms with van der Waals surface area (Å²) in [7, 11) is 0. The number of rotatable bonds is 5. The molecule has 3 nitrogen and oxygen atoms in total. The fourth-order valence-electron chi connectivity index (χ4n) is 2.81. The molecule has 34 heavy (non-hydrogen) atoms. The lowest BCUT2D eigenvalue weighted by molar-refractivity contribution is -0.137. The fraction of sp³-hybridized carbons (Fsp3) is 0.259. The Labute approximate surface area is 199 Å². The molecule has 2 N–H and O–H groups in total. The Bertz CT molecular complexity index is 1090. The number of hydrogen-bond donors (Lipinski definition) is 1. The van der Waals surface area contributed by atoms with Gasteiger partial charge in [-0.3, -0.25) is 9.97 Å². The molecule has 2 aromatic heterocycles. The molecule has 3 rings (SSSR count). The van der Waals surface area contributed by atoms with Crippen LogP contribution < -0.4 is 5.73 Å². The third kappa shape index (κ3) is 7.92. The Hall–Kier alpha value is -3.32. The van der Waals surface area contributed by atoms with Crippen molar-refractivity contribution in [1.82, 2.24) is 9.97 Å². The maximum absolute atomic E-state index is 14.2.